The van der Waals surface area contributed by atoms with Crippen LogP contribution in [0.25, 0.3) is 11.1 Å². The van der Waals surface area contributed by atoms with Gasteiger partial charge in [0.2, 0.25) is 5.91 Å². The summed E-state index contributed by atoms with van der Waals surface area (Å²) >= 11 is 13.3. The molecule has 0 aliphatic carbocycles. The molecule has 3 aromatic rings. The van der Waals surface area contributed by atoms with Crippen molar-refractivity contribution >= 4 is 52.0 Å². The van der Waals surface area contributed by atoms with Crippen molar-refractivity contribution in [1.82, 2.24) is 15.2 Å². The Hall–Kier alpha value is -1.73. The van der Waals surface area contributed by atoms with E-state index in [0.717, 1.165) is 41.7 Å². The maximum atomic E-state index is 12.3. The molecule has 1 N–H and O–H groups in total. The summed E-state index contributed by atoms with van der Waals surface area (Å²) in [7, 11) is 2.04. The number of benzene rings is 2. The molecular formula is C22H25Cl2N3O2S. The van der Waals surface area contributed by atoms with Gasteiger partial charge in [-0.3, -0.25) is 4.79 Å². The van der Waals surface area contributed by atoms with E-state index in [1.807, 2.05) is 57.3 Å². The zero-order valence-corrected chi connectivity index (χ0v) is 19.6. The molecule has 0 bridgehead atoms. The average molecular weight is 466 g/mol. The van der Waals surface area contributed by atoms with Crippen LogP contribution in [0.4, 0.5) is 0 Å². The highest BCUT2D eigenvalue weighted by molar-refractivity contribution is 7.99. The molecule has 0 aliphatic heterocycles. The van der Waals surface area contributed by atoms with E-state index in [4.69, 9.17) is 27.6 Å². The van der Waals surface area contributed by atoms with Crippen molar-refractivity contribution in [3.8, 4) is 0 Å². The summed E-state index contributed by atoms with van der Waals surface area (Å²) < 4.78 is 5.70. The van der Waals surface area contributed by atoms with Crippen molar-refractivity contribution in [2.24, 2.45) is 0 Å². The predicted molar refractivity (Wildman–Crippen MR) is 124 cm³/mol. The Balaban J connectivity index is 1.39. The second-order valence-electron chi connectivity index (χ2n) is 7.48. The van der Waals surface area contributed by atoms with Gasteiger partial charge in [0.25, 0.3) is 5.22 Å². The Labute approximate surface area is 191 Å². The van der Waals surface area contributed by atoms with Gasteiger partial charge in [-0.1, -0.05) is 47.1 Å². The van der Waals surface area contributed by atoms with Crippen molar-refractivity contribution < 1.29 is 9.21 Å². The molecule has 1 unspecified atom stereocenters. The summed E-state index contributed by atoms with van der Waals surface area (Å²) in [6.07, 6.45) is 0.844. The van der Waals surface area contributed by atoms with E-state index in [9.17, 15) is 4.79 Å². The van der Waals surface area contributed by atoms with Crippen LogP contribution in [-0.4, -0.2) is 41.2 Å². The number of halogens is 2. The molecule has 1 aromatic heterocycles. The van der Waals surface area contributed by atoms with Crippen molar-refractivity contribution in [2.45, 2.75) is 38.1 Å². The highest BCUT2D eigenvalue weighted by atomic mass is 35.5. The Kier molecular flexibility index (Phi) is 8.06. The van der Waals surface area contributed by atoms with E-state index >= 15 is 0 Å². The average Bonchev–Trinajstić information content (AvgIpc) is 3.10. The summed E-state index contributed by atoms with van der Waals surface area (Å²) in [5.41, 5.74) is 3.78. The van der Waals surface area contributed by atoms with Gasteiger partial charge in [0.05, 0.1) is 15.8 Å². The maximum absolute atomic E-state index is 12.3. The van der Waals surface area contributed by atoms with Crippen molar-refractivity contribution in [3.63, 3.8) is 0 Å². The lowest BCUT2D eigenvalue weighted by molar-refractivity contribution is -0.119. The number of hydrogen-bond acceptors (Lipinski definition) is 5. The molecule has 0 fully saturated rings. The minimum atomic E-state index is -0.0296. The lowest BCUT2D eigenvalue weighted by atomic mass is 10.2. The van der Waals surface area contributed by atoms with Crippen LogP contribution < -0.4 is 5.32 Å². The molecule has 2 aromatic carbocycles. The maximum Gasteiger partial charge on any atom is 0.257 e. The number of oxazole rings is 1. The first-order valence-electron chi connectivity index (χ1n) is 9.72. The fraction of sp³-hybridized carbons (Fsp3) is 0.364. The number of carbonyl (C=O) groups is 1. The summed E-state index contributed by atoms with van der Waals surface area (Å²) in [5, 5.41) is 4.67. The van der Waals surface area contributed by atoms with Gasteiger partial charge in [0.1, 0.15) is 5.52 Å². The second-order valence-corrected chi connectivity index (χ2v) is 9.22. The number of nitrogens with one attached hydrogen (secondary N) is 1. The lowest BCUT2D eigenvalue weighted by Crippen LogP contribution is -2.36. The van der Waals surface area contributed by atoms with Crippen LogP contribution in [0, 0.1) is 6.92 Å². The summed E-state index contributed by atoms with van der Waals surface area (Å²) in [5.74, 6) is 0.244. The molecule has 5 nitrogen and oxygen atoms in total. The van der Waals surface area contributed by atoms with Crippen LogP contribution in [0.5, 0.6) is 0 Å². The van der Waals surface area contributed by atoms with Gasteiger partial charge < -0.3 is 14.6 Å². The van der Waals surface area contributed by atoms with Crippen LogP contribution in [-0.2, 0) is 11.3 Å². The highest BCUT2D eigenvalue weighted by Gasteiger charge is 2.12. The minimum Gasteiger partial charge on any atom is -0.431 e. The van der Waals surface area contributed by atoms with Gasteiger partial charge in [-0.25, -0.2) is 4.98 Å². The molecule has 0 saturated carbocycles. The van der Waals surface area contributed by atoms with Crippen LogP contribution in [0.3, 0.4) is 0 Å². The number of aryl methyl sites for hydroxylation is 1. The van der Waals surface area contributed by atoms with Gasteiger partial charge in [-0.2, -0.15) is 0 Å². The molecule has 1 heterocycles. The van der Waals surface area contributed by atoms with E-state index < -0.39 is 0 Å². The van der Waals surface area contributed by atoms with Gasteiger partial charge in [0.15, 0.2) is 5.58 Å². The van der Waals surface area contributed by atoms with Gasteiger partial charge in [-0.05, 0) is 62.7 Å². The van der Waals surface area contributed by atoms with Gasteiger partial charge >= 0.3 is 0 Å². The van der Waals surface area contributed by atoms with Crippen LogP contribution in [0.2, 0.25) is 10.0 Å². The van der Waals surface area contributed by atoms with Crippen molar-refractivity contribution in [2.75, 3.05) is 19.3 Å². The highest BCUT2D eigenvalue weighted by Crippen LogP contribution is 2.24. The van der Waals surface area contributed by atoms with Crippen LogP contribution in [0.15, 0.2) is 46.0 Å². The number of amides is 1. The smallest absolute Gasteiger partial charge is 0.257 e. The SMILES string of the molecule is Cc1ccc2nc(SCC(=O)NC(C)CCN(C)Cc3ccc(Cl)c(Cl)c3)oc2c1. The van der Waals surface area contributed by atoms with Crippen LogP contribution in [0.1, 0.15) is 24.5 Å². The Morgan fingerprint density at radius 2 is 2.03 bits per heavy atom. The normalized spacial score (nSPS) is 12.5. The third-order valence-electron chi connectivity index (χ3n) is 4.64. The first kappa shape index (κ1) is 22.9. The lowest BCUT2D eigenvalue weighted by Gasteiger charge is -2.20. The minimum absolute atomic E-state index is 0.0296. The number of aromatic nitrogens is 1. The Morgan fingerprint density at radius 1 is 1.23 bits per heavy atom. The summed E-state index contributed by atoms with van der Waals surface area (Å²) in [6.45, 7) is 5.63. The van der Waals surface area contributed by atoms with Gasteiger partial charge in [0, 0.05) is 19.1 Å². The summed E-state index contributed by atoms with van der Waals surface area (Å²) in [4.78, 5) is 18.9. The van der Waals surface area contributed by atoms with Crippen molar-refractivity contribution in [1.29, 1.82) is 0 Å². The molecule has 0 saturated heterocycles. The third kappa shape index (κ3) is 6.64. The fourth-order valence-electron chi connectivity index (χ4n) is 3.03. The topological polar surface area (TPSA) is 58.4 Å². The molecular weight excluding hydrogens is 441 g/mol. The molecule has 30 heavy (non-hydrogen) atoms. The van der Waals surface area contributed by atoms with Crippen molar-refractivity contribution in [3.05, 3.63) is 57.6 Å². The standard InChI is InChI=1S/C22H25Cl2N3O2S/c1-14-4-7-19-20(10-14)29-22(26-19)30-13-21(28)25-15(2)8-9-27(3)12-16-5-6-17(23)18(24)11-16/h4-7,10-11,15H,8-9,12-13H2,1-3H3,(H,25,28). The molecule has 1 atom stereocenters. The van der Waals surface area contributed by atoms with E-state index in [-0.39, 0.29) is 17.7 Å². The van der Waals surface area contributed by atoms with E-state index in [2.05, 4.69) is 15.2 Å². The Morgan fingerprint density at radius 3 is 2.80 bits per heavy atom. The quantitative estimate of drug-likeness (QED) is 0.419. The van der Waals surface area contributed by atoms with E-state index in [1.165, 1.54) is 11.8 Å². The Bertz CT molecular complexity index is 1020. The summed E-state index contributed by atoms with van der Waals surface area (Å²) in [6, 6.07) is 11.6. The molecule has 160 valence electrons. The zero-order valence-electron chi connectivity index (χ0n) is 17.2. The number of thioether (sulfide) groups is 1. The van der Waals surface area contributed by atoms with Gasteiger partial charge in [-0.15, -0.1) is 0 Å². The van der Waals surface area contributed by atoms with Crippen LogP contribution >= 0.6 is 35.0 Å². The predicted octanol–water partition coefficient (Wildman–Crippen LogP) is 5.56. The number of rotatable bonds is 9. The fourth-order valence-corrected chi connectivity index (χ4v) is 4.00. The molecule has 0 radical (unpaired) electrons. The number of nitrogens with zero attached hydrogens (tertiary/aromatic N) is 2. The largest absolute Gasteiger partial charge is 0.431 e. The number of hydrogen-bond donors (Lipinski definition) is 1. The molecule has 8 heteroatoms. The first-order chi connectivity index (χ1) is 14.3. The molecule has 0 spiro atoms. The molecule has 0 aliphatic rings. The second kappa shape index (κ2) is 10.5. The first-order valence-corrected chi connectivity index (χ1v) is 11.5. The molecule has 1 amide bonds. The third-order valence-corrected chi connectivity index (χ3v) is 6.21. The number of fused-ring (bicyclic) bond motifs is 1. The monoisotopic (exact) mass is 465 g/mol. The molecule has 3 rings (SSSR count). The van der Waals surface area contributed by atoms with E-state index in [1.54, 1.807) is 0 Å². The van der Waals surface area contributed by atoms with E-state index in [0.29, 0.717) is 15.3 Å². The zero-order chi connectivity index (χ0) is 21.7. The number of carbonyl (C=O) groups excluding carboxylic acids is 1.